The van der Waals surface area contributed by atoms with Crippen molar-refractivity contribution in [1.29, 1.82) is 0 Å². The monoisotopic (exact) mass is 443 g/mol. The van der Waals surface area contributed by atoms with E-state index in [1.807, 2.05) is 25.1 Å². The molecule has 9 heteroatoms. The fraction of sp³-hybridized carbons (Fsp3) is 0.333. The highest BCUT2D eigenvalue weighted by Gasteiger charge is 2.32. The number of hydrogen-bond acceptors (Lipinski definition) is 7. The van der Waals surface area contributed by atoms with Crippen LogP contribution in [0.25, 0.3) is 4.96 Å². The second kappa shape index (κ2) is 7.98. The SMILES string of the molecule is CCc1nc2sc([C@H](c3cccs3)N3CCN(c4ccccc4F)CC3)c(O)n2n1. The van der Waals surface area contributed by atoms with Gasteiger partial charge in [0.05, 0.1) is 16.6 Å². The zero-order valence-corrected chi connectivity index (χ0v) is 18.2. The Hall–Kier alpha value is -2.49. The average molecular weight is 444 g/mol. The first-order valence-electron chi connectivity index (χ1n) is 10.00. The summed E-state index contributed by atoms with van der Waals surface area (Å²) in [7, 11) is 0. The van der Waals surface area contributed by atoms with Crippen LogP contribution in [0.4, 0.5) is 10.1 Å². The Morgan fingerprint density at radius 2 is 1.93 bits per heavy atom. The van der Waals surface area contributed by atoms with Gasteiger partial charge in [-0.3, -0.25) is 4.90 Å². The summed E-state index contributed by atoms with van der Waals surface area (Å²) in [5.74, 6) is 0.710. The zero-order chi connectivity index (χ0) is 20.7. The van der Waals surface area contributed by atoms with Gasteiger partial charge < -0.3 is 10.0 Å². The molecule has 1 aliphatic heterocycles. The highest BCUT2D eigenvalue weighted by molar-refractivity contribution is 7.17. The number of rotatable bonds is 5. The van der Waals surface area contributed by atoms with Gasteiger partial charge in [0.15, 0.2) is 5.82 Å². The van der Waals surface area contributed by atoms with E-state index in [0.29, 0.717) is 10.6 Å². The molecule has 4 heterocycles. The molecule has 0 unspecified atom stereocenters. The number of hydrogen-bond donors (Lipinski definition) is 1. The molecule has 6 nitrogen and oxygen atoms in total. The highest BCUT2D eigenvalue weighted by Crippen LogP contribution is 2.41. The summed E-state index contributed by atoms with van der Waals surface area (Å²) in [6.45, 7) is 4.99. The van der Waals surface area contributed by atoms with Crippen molar-refractivity contribution in [2.24, 2.45) is 0 Å². The third kappa shape index (κ3) is 3.36. The number of thiophene rings is 1. The van der Waals surface area contributed by atoms with Gasteiger partial charge in [0.1, 0.15) is 5.82 Å². The zero-order valence-electron chi connectivity index (χ0n) is 16.5. The Bertz CT molecular complexity index is 1150. The van der Waals surface area contributed by atoms with E-state index in [-0.39, 0.29) is 17.7 Å². The van der Waals surface area contributed by atoms with Gasteiger partial charge in [-0.05, 0) is 23.6 Å². The van der Waals surface area contributed by atoms with E-state index in [4.69, 9.17) is 0 Å². The van der Waals surface area contributed by atoms with Crippen LogP contribution in [0.5, 0.6) is 5.88 Å². The fourth-order valence-electron chi connectivity index (χ4n) is 3.97. The third-order valence-electron chi connectivity index (χ3n) is 5.49. The lowest BCUT2D eigenvalue weighted by atomic mass is 10.1. The molecule has 0 radical (unpaired) electrons. The molecule has 5 rings (SSSR count). The first kappa shape index (κ1) is 19.5. The van der Waals surface area contributed by atoms with Gasteiger partial charge in [-0.25, -0.2) is 9.37 Å². The molecule has 3 aromatic heterocycles. The quantitative estimate of drug-likeness (QED) is 0.502. The minimum absolute atomic E-state index is 0.0636. The third-order valence-corrected chi connectivity index (χ3v) is 7.49. The topological polar surface area (TPSA) is 56.9 Å². The predicted octanol–water partition coefficient (Wildman–Crippen LogP) is 4.17. The Kier molecular flexibility index (Phi) is 5.18. The van der Waals surface area contributed by atoms with E-state index in [1.165, 1.54) is 22.3 Å². The van der Waals surface area contributed by atoms with Crippen LogP contribution >= 0.6 is 22.7 Å². The normalized spacial score (nSPS) is 16.4. The number of aromatic nitrogens is 3. The molecule has 0 bridgehead atoms. The van der Waals surface area contributed by atoms with E-state index >= 15 is 0 Å². The van der Waals surface area contributed by atoms with Crippen molar-refractivity contribution >= 4 is 33.3 Å². The summed E-state index contributed by atoms with van der Waals surface area (Å²) >= 11 is 3.17. The Labute approximate surface area is 181 Å². The molecule has 0 spiro atoms. The fourth-order valence-corrected chi connectivity index (χ4v) is 6.04. The van der Waals surface area contributed by atoms with Gasteiger partial charge in [-0.2, -0.15) is 4.52 Å². The summed E-state index contributed by atoms with van der Waals surface area (Å²) in [5, 5.41) is 17.4. The smallest absolute Gasteiger partial charge is 0.230 e. The first-order chi connectivity index (χ1) is 14.7. The standard InChI is InChI=1S/C21H22FN5OS2/c1-2-17-23-21-27(24-17)20(28)19(30-21)18(16-8-5-13-29-16)26-11-9-25(10-12-26)15-7-4-3-6-14(15)22/h3-8,13,18,28H,2,9-12H2,1H3/t18-/m0/s1. The minimum Gasteiger partial charge on any atom is -0.492 e. The number of anilines is 1. The van der Waals surface area contributed by atoms with Gasteiger partial charge in [0.25, 0.3) is 0 Å². The number of para-hydroxylation sites is 1. The molecule has 1 saturated heterocycles. The van der Waals surface area contributed by atoms with Crippen molar-refractivity contribution in [1.82, 2.24) is 19.5 Å². The van der Waals surface area contributed by atoms with Gasteiger partial charge in [0.2, 0.25) is 10.8 Å². The van der Waals surface area contributed by atoms with Crippen molar-refractivity contribution in [2.75, 3.05) is 31.1 Å². The molecule has 1 aliphatic rings. The van der Waals surface area contributed by atoms with E-state index in [0.717, 1.165) is 43.3 Å². The number of nitrogens with zero attached hydrogens (tertiary/aromatic N) is 5. The van der Waals surface area contributed by atoms with Crippen molar-refractivity contribution in [3.05, 3.63) is 63.2 Å². The van der Waals surface area contributed by atoms with E-state index in [2.05, 4.69) is 31.3 Å². The Morgan fingerprint density at radius 3 is 2.60 bits per heavy atom. The number of benzene rings is 1. The maximum atomic E-state index is 14.2. The van der Waals surface area contributed by atoms with Crippen molar-refractivity contribution in [2.45, 2.75) is 19.4 Å². The molecule has 1 aromatic carbocycles. The molecule has 1 fully saturated rings. The molecule has 0 saturated carbocycles. The molecule has 1 atom stereocenters. The number of piperazine rings is 1. The lowest BCUT2D eigenvalue weighted by Gasteiger charge is -2.39. The van der Waals surface area contributed by atoms with Crippen LogP contribution in [0.3, 0.4) is 0 Å². The minimum atomic E-state index is -0.185. The second-order valence-electron chi connectivity index (χ2n) is 7.26. The average Bonchev–Trinajstić information content (AvgIpc) is 3.49. The maximum Gasteiger partial charge on any atom is 0.230 e. The summed E-state index contributed by atoms with van der Waals surface area (Å²) in [4.78, 5) is 11.7. The van der Waals surface area contributed by atoms with Gasteiger partial charge in [0, 0.05) is 37.5 Å². The van der Waals surface area contributed by atoms with Crippen LogP contribution < -0.4 is 4.90 Å². The Morgan fingerprint density at radius 1 is 1.13 bits per heavy atom. The van der Waals surface area contributed by atoms with E-state index in [9.17, 15) is 9.50 Å². The molecule has 156 valence electrons. The van der Waals surface area contributed by atoms with E-state index < -0.39 is 0 Å². The van der Waals surface area contributed by atoms with Crippen LogP contribution in [0.15, 0.2) is 41.8 Å². The maximum absolute atomic E-state index is 14.2. The number of aryl methyl sites for hydroxylation is 1. The second-order valence-corrected chi connectivity index (χ2v) is 9.25. The lowest BCUT2D eigenvalue weighted by Crippen LogP contribution is -2.48. The van der Waals surface area contributed by atoms with Crippen LogP contribution in [-0.4, -0.2) is 50.8 Å². The summed E-state index contributed by atoms with van der Waals surface area (Å²) in [5.41, 5.74) is 0.651. The Balaban J connectivity index is 1.44. The summed E-state index contributed by atoms with van der Waals surface area (Å²) in [6.07, 6.45) is 0.732. The molecule has 0 aliphatic carbocycles. The van der Waals surface area contributed by atoms with Crippen LogP contribution in [-0.2, 0) is 6.42 Å². The molecule has 1 N–H and O–H groups in total. The van der Waals surface area contributed by atoms with Crippen molar-refractivity contribution in [3.63, 3.8) is 0 Å². The van der Waals surface area contributed by atoms with Crippen molar-refractivity contribution in [3.8, 4) is 5.88 Å². The molecule has 4 aromatic rings. The summed E-state index contributed by atoms with van der Waals surface area (Å²) in [6, 6.07) is 11.0. The molecular formula is C21H22FN5OS2. The largest absolute Gasteiger partial charge is 0.492 e. The summed E-state index contributed by atoms with van der Waals surface area (Å²) < 4.78 is 15.8. The van der Waals surface area contributed by atoms with Crippen LogP contribution in [0, 0.1) is 5.82 Å². The first-order valence-corrected chi connectivity index (χ1v) is 11.7. The molecule has 0 amide bonds. The van der Waals surface area contributed by atoms with Gasteiger partial charge in [-0.15, -0.1) is 16.4 Å². The number of thiazole rings is 1. The highest BCUT2D eigenvalue weighted by atomic mass is 32.1. The molecular weight excluding hydrogens is 421 g/mol. The van der Waals surface area contributed by atoms with Crippen molar-refractivity contribution < 1.29 is 9.50 Å². The van der Waals surface area contributed by atoms with E-state index in [1.54, 1.807) is 21.9 Å². The lowest BCUT2D eigenvalue weighted by molar-refractivity contribution is 0.213. The predicted molar refractivity (Wildman–Crippen MR) is 118 cm³/mol. The van der Waals surface area contributed by atoms with Crippen LogP contribution in [0.2, 0.25) is 0 Å². The van der Waals surface area contributed by atoms with Gasteiger partial charge >= 0.3 is 0 Å². The van der Waals surface area contributed by atoms with Crippen LogP contribution in [0.1, 0.15) is 28.5 Å². The number of halogens is 1. The number of fused-ring (bicyclic) bond motifs is 1. The van der Waals surface area contributed by atoms with Gasteiger partial charge in [-0.1, -0.05) is 36.5 Å². The molecule has 30 heavy (non-hydrogen) atoms. The number of aromatic hydroxyl groups is 1.